The van der Waals surface area contributed by atoms with E-state index in [9.17, 15) is 9.59 Å². The van der Waals surface area contributed by atoms with Crippen molar-refractivity contribution in [2.75, 3.05) is 11.9 Å². The molecule has 2 heterocycles. The number of fused-ring (bicyclic) bond motifs is 1. The predicted molar refractivity (Wildman–Crippen MR) is 97.4 cm³/mol. The molecule has 1 aromatic heterocycles. The van der Waals surface area contributed by atoms with Crippen molar-refractivity contribution in [1.82, 2.24) is 9.88 Å². The summed E-state index contributed by atoms with van der Waals surface area (Å²) in [5.41, 5.74) is 2.28. The highest BCUT2D eigenvalue weighted by Crippen LogP contribution is 2.23. The molecular formula is C20H19N3O2. The molecule has 0 aliphatic carbocycles. The monoisotopic (exact) mass is 333 g/mol. The lowest BCUT2D eigenvalue weighted by Gasteiger charge is -2.24. The van der Waals surface area contributed by atoms with Crippen LogP contribution in [0.3, 0.4) is 0 Å². The third-order valence-corrected chi connectivity index (χ3v) is 4.66. The van der Waals surface area contributed by atoms with Gasteiger partial charge in [0.05, 0.1) is 0 Å². The second-order valence-corrected chi connectivity index (χ2v) is 6.29. The van der Waals surface area contributed by atoms with Crippen LogP contribution in [0.15, 0.2) is 60.8 Å². The molecule has 2 aromatic carbocycles. The highest BCUT2D eigenvalue weighted by Gasteiger charge is 2.34. The maximum atomic E-state index is 12.9. The summed E-state index contributed by atoms with van der Waals surface area (Å²) in [7, 11) is 0. The number of hydrogen-bond donors (Lipinski definition) is 2. The number of nitrogens with one attached hydrogen (secondary N) is 2. The van der Waals surface area contributed by atoms with E-state index in [-0.39, 0.29) is 11.8 Å². The average molecular weight is 333 g/mol. The number of amides is 2. The molecular weight excluding hydrogens is 314 g/mol. The second kappa shape index (κ2) is 6.43. The molecule has 0 bridgehead atoms. The zero-order valence-corrected chi connectivity index (χ0v) is 13.7. The number of likely N-dealkylation sites (tertiary alicyclic amines) is 1. The number of anilines is 1. The Bertz CT molecular complexity index is 917. The summed E-state index contributed by atoms with van der Waals surface area (Å²) < 4.78 is 0. The first kappa shape index (κ1) is 15.4. The van der Waals surface area contributed by atoms with Gasteiger partial charge in [0.1, 0.15) is 6.04 Å². The van der Waals surface area contributed by atoms with E-state index in [1.165, 1.54) is 0 Å². The Morgan fingerprint density at radius 2 is 1.92 bits per heavy atom. The van der Waals surface area contributed by atoms with Gasteiger partial charge in [0.25, 0.3) is 5.91 Å². The Balaban J connectivity index is 1.53. The Kier molecular flexibility index (Phi) is 3.98. The van der Waals surface area contributed by atoms with E-state index >= 15 is 0 Å². The highest BCUT2D eigenvalue weighted by atomic mass is 16.2. The fourth-order valence-electron chi connectivity index (χ4n) is 3.38. The van der Waals surface area contributed by atoms with Gasteiger partial charge in [0, 0.05) is 29.5 Å². The number of aromatic nitrogens is 1. The first-order valence-electron chi connectivity index (χ1n) is 8.46. The number of carbonyl (C=O) groups is 2. The molecule has 1 aliphatic rings. The Morgan fingerprint density at radius 3 is 2.76 bits per heavy atom. The minimum atomic E-state index is -0.424. The van der Waals surface area contributed by atoms with Crippen molar-refractivity contribution in [3.8, 4) is 0 Å². The van der Waals surface area contributed by atoms with Crippen LogP contribution in [-0.4, -0.2) is 34.3 Å². The van der Waals surface area contributed by atoms with Gasteiger partial charge in [0.15, 0.2) is 0 Å². The van der Waals surface area contributed by atoms with Gasteiger partial charge in [-0.2, -0.15) is 0 Å². The molecule has 1 atom stereocenters. The van der Waals surface area contributed by atoms with Crippen LogP contribution in [0, 0.1) is 0 Å². The molecule has 4 rings (SSSR count). The van der Waals surface area contributed by atoms with Gasteiger partial charge in [-0.25, -0.2) is 0 Å². The molecule has 0 spiro atoms. The van der Waals surface area contributed by atoms with Gasteiger partial charge >= 0.3 is 0 Å². The molecule has 5 heteroatoms. The van der Waals surface area contributed by atoms with E-state index in [4.69, 9.17) is 0 Å². The van der Waals surface area contributed by atoms with Crippen molar-refractivity contribution >= 4 is 28.4 Å². The predicted octanol–water partition coefficient (Wildman–Crippen LogP) is 3.41. The van der Waals surface area contributed by atoms with Crippen molar-refractivity contribution in [3.63, 3.8) is 0 Å². The largest absolute Gasteiger partial charge is 0.361 e. The fourth-order valence-corrected chi connectivity index (χ4v) is 3.38. The first-order chi connectivity index (χ1) is 12.2. The number of hydrogen-bond acceptors (Lipinski definition) is 2. The van der Waals surface area contributed by atoms with Gasteiger partial charge in [-0.05, 0) is 48.6 Å². The number of para-hydroxylation sites is 1. The maximum absolute atomic E-state index is 12.9. The maximum Gasteiger partial charge on any atom is 0.254 e. The molecule has 0 radical (unpaired) electrons. The van der Waals surface area contributed by atoms with E-state index in [0.717, 1.165) is 23.0 Å². The average Bonchev–Trinajstić information content (AvgIpc) is 3.30. The lowest BCUT2D eigenvalue weighted by molar-refractivity contribution is -0.119. The third-order valence-electron chi connectivity index (χ3n) is 4.66. The van der Waals surface area contributed by atoms with Gasteiger partial charge in [-0.1, -0.05) is 24.3 Å². The normalized spacial score (nSPS) is 17.0. The molecule has 126 valence electrons. The van der Waals surface area contributed by atoms with Gasteiger partial charge in [-0.15, -0.1) is 0 Å². The van der Waals surface area contributed by atoms with Crippen LogP contribution >= 0.6 is 0 Å². The molecule has 5 nitrogen and oxygen atoms in total. The first-order valence-corrected chi connectivity index (χ1v) is 8.46. The summed E-state index contributed by atoms with van der Waals surface area (Å²) in [5.74, 6) is -0.222. The molecule has 1 saturated heterocycles. The van der Waals surface area contributed by atoms with Crippen LogP contribution in [0.5, 0.6) is 0 Å². The number of aromatic amines is 1. The van der Waals surface area contributed by atoms with Crippen LogP contribution in [-0.2, 0) is 4.79 Å². The lowest BCUT2D eigenvalue weighted by Crippen LogP contribution is -2.43. The van der Waals surface area contributed by atoms with Gasteiger partial charge < -0.3 is 15.2 Å². The van der Waals surface area contributed by atoms with Crippen molar-refractivity contribution < 1.29 is 9.59 Å². The standard InChI is InChI=1S/C20H19N3O2/c24-19(22-16-5-2-1-3-6-16)18-7-4-12-23(18)20(25)15-9-8-14-10-11-21-17(14)13-15/h1-3,5-6,8-11,13,18,21H,4,7,12H2,(H,22,24). The molecule has 1 aliphatic heterocycles. The number of rotatable bonds is 3. The number of benzene rings is 2. The smallest absolute Gasteiger partial charge is 0.254 e. The van der Waals surface area contributed by atoms with E-state index < -0.39 is 6.04 Å². The zero-order chi connectivity index (χ0) is 17.2. The van der Waals surface area contributed by atoms with Crippen molar-refractivity contribution in [2.24, 2.45) is 0 Å². The van der Waals surface area contributed by atoms with E-state index in [1.54, 1.807) is 4.90 Å². The summed E-state index contributed by atoms with van der Waals surface area (Å²) in [5, 5.41) is 3.97. The molecule has 1 unspecified atom stereocenters. The van der Waals surface area contributed by atoms with E-state index in [0.29, 0.717) is 18.5 Å². The number of H-pyrrole nitrogens is 1. The van der Waals surface area contributed by atoms with Gasteiger partial charge in [-0.3, -0.25) is 9.59 Å². The highest BCUT2D eigenvalue weighted by molar-refractivity contribution is 6.03. The Labute approximate surface area is 145 Å². The minimum absolute atomic E-state index is 0.0952. The van der Waals surface area contributed by atoms with Crippen molar-refractivity contribution in [3.05, 3.63) is 66.4 Å². The Morgan fingerprint density at radius 1 is 1.08 bits per heavy atom. The van der Waals surface area contributed by atoms with Crippen LogP contribution in [0.4, 0.5) is 5.69 Å². The molecule has 25 heavy (non-hydrogen) atoms. The second-order valence-electron chi connectivity index (χ2n) is 6.29. The topological polar surface area (TPSA) is 65.2 Å². The van der Waals surface area contributed by atoms with Crippen LogP contribution in [0.25, 0.3) is 10.9 Å². The molecule has 2 N–H and O–H groups in total. The summed E-state index contributed by atoms with van der Waals surface area (Å²) in [6, 6.07) is 16.5. The fraction of sp³-hybridized carbons (Fsp3) is 0.200. The number of nitrogens with zero attached hydrogens (tertiary/aromatic N) is 1. The summed E-state index contributed by atoms with van der Waals surface area (Å²) in [4.78, 5) is 30.3. The van der Waals surface area contributed by atoms with E-state index in [2.05, 4.69) is 10.3 Å². The summed E-state index contributed by atoms with van der Waals surface area (Å²) in [6.07, 6.45) is 3.38. The van der Waals surface area contributed by atoms with E-state index in [1.807, 2.05) is 60.8 Å². The summed E-state index contributed by atoms with van der Waals surface area (Å²) in [6.45, 7) is 0.606. The Hall–Kier alpha value is -3.08. The molecule has 2 amide bonds. The summed E-state index contributed by atoms with van der Waals surface area (Å²) >= 11 is 0. The molecule has 0 saturated carbocycles. The van der Waals surface area contributed by atoms with Crippen LogP contribution in [0.2, 0.25) is 0 Å². The molecule has 3 aromatic rings. The molecule has 1 fully saturated rings. The lowest BCUT2D eigenvalue weighted by atomic mass is 10.1. The van der Waals surface area contributed by atoms with Crippen molar-refractivity contribution in [1.29, 1.82) is 0 Å². The third kappa shape index (κ3) is 3.01. The zero-order valence-electron chi connectivity index (χ0n) is 13.7. The van der Waals surface area contributed by atoms with Crippen LogP contribution < -0.4 is 5.32 Å². The quantitative estimate of drug-likeness (QED) is 0.771. The number of carbonyl (C=O) groups excluding carboxylic acids is 2. The van der Waals surface area contributed by atoms with Gasteiger partial charge in [0.2, 0.25) is 5.91 Å². The van der Waals surface area contributed by atoms with Crippen LogP contribution in [0.1, 0.15) is 23.2 Å². The SMILES string of the molecule is O=C(Nc1ccccc1)C1CCCN1C(=O)c1ccc2cc[nH]c2c1. The van der Waals surface area contributed by atoms with Crippen molar-refractivity contribution in [2.45, 2.75) is 18.9 Å². The minimum Gasteiger partial charge on any atom is -0.361 e.